The smallest absolute Gasteiger partial charge is 0.210 e. The molecule has 17 heavy (non-hydrogen) atoms. The molecule has 1 aromatic carbocycles. The van der Waals surface area contributed by atoms with E-state index in [0.29, 0.717) is 5.56 Å². The normalized spacial score (nSPS) is 14.6. The summed E-state index contributed by atoms with van der Waals surface area (Å²) in [5.41, 5.74) is 1.59. The van der Waals surface area contributed by atoms with Gasteiger partial charge in [0.1, 0.15) is 6.10 Å². The first-order valence-corrected chi connectivity index (χ1v) is 8.31. The Morgan fingerprint density at radius 1 is 1.29 bits per heavy atom. The van der Waals surface area contributed by atoms with E-state index in [1.54, 1.807) is 12.1 Å². The van der Waals surface area contributed by atoms with Crippen LogP contribution in [0.15, 0.2) is 24.3 Å². The molecule has 0 saturated carbocycles. The number of halogens is 2. The summed E-state index contributed by atoms with van der Waals surface area (Å²) in [6.07, 6.45) is -1.17. The number of aliphatic hydroxyl groups excluding tert-OH is 1. The number of sulfone groups is 1. The summed E-state index contributed by atoms with van der Waals surface area (Å²) in [6.45, 7) is 3.46. The van der Waals surface area contributed by atoms with Gasteiger partial charge in [-0.2, -0.15) is 0 Å². The molecule has 1 atom stereocenters. The lowest BCUT2D eigenvalue weighted by molar-refractivity contribution is 0.189. The Bertz CT molecular complexity index is 480. The molecule has 0 aromatic heterocycles. The summed E-state index contributed by atoms with van der Waals surface area (Å²) in [5.74, 6) is -0.0631. The van der Waals surface area contributed by atoms with Crippen molar-refractivity contribution in [3.8, 4) is 0 Å². The highest BCUT2D eigenvalue weighted by Gasteiger charge is 2.45. The van der Waals surface area contributed by atoms with Crippen molar-refractivity contribution >= 4 is 41.7 Å². The number of hydrogen-bond acceptors (Lipinski definition) is 3. The van der Waals surface area contributed by atoms with E-state index < -0.39 is 18.5 Å². The summed E-state index contributed by atoms with van der Waals surface area (Å²) in [6, 6.07) is 7.07. The fourth-order valence-electron chi connectivity index (χ4n) is 1.31. The van der Waals surface area contributed by atoms with Crippen molar-refractivity contribution in [1.82, 2.24) is 0 Å². The van der Waals surface area contributed by atoms with E-state index in [-0.39, 0.29) is 5.75 Å². The summed E-state index contributed by atoms with van der Waals surface area (Å²) in [5, 5.41) is 10.1. The van der Waals surface area contributed by atoms with Crippen LogP contribution in [0.4, 0.5) is 0 Å². The van der Waals surface area contributed by atoms with Gasteiger partial charge in [-0.05, 0) is 12.5 Å². The van der Waals surface area contributed by atoms with E-state index in [1.807, 2.05) is 19.1 Å². The van der Waals surface area contributed by atoms with Gasteiger partial charge in [0.05, 0.1) is 0 Å². The van der Waals surface area contributed by atoms with Crippen LogP contribution in [0, 0.1) is 6.92 Å². The maximum absolute atomic E-state index is 11.8. The van der Waals surface area contributed by atoms with Crippen molar-refractivity contribution in [2.45, 2.75) is 22.5 Å². The number of alkyl halides is 2. The van der Waals surface area contributed by atoms with Crippen molar-refractivity contribution in [2.75, 3.05) is 5.75 Å². The quantitative estimate of drug-likeness (QED) is 0.810. The van der Waals surface area contributed by atoms with Gasteiger partial charge in [0.2, 0.25) is 2.57 Å². The Balaban J connectivity index is 3.12. The van der Waals surface area contributed by atoms with Crippen LogP contribution in [-0.4, -0.2) is 21.8 Å². The third-order valence-electron chi connectivity index (χ3n) is 2.51. The Hall–Kier alpha value is 0.0900. The van der Waals surface area contributed by atoms with Crippen LogP contribution >= 0.6 is 31.9 Å². The molecule has 3 nitrogen and oxygen atoms in total. The summed E-state index contributed by atoms with van der Waals surface area (Å²) >= 11 is 6.13. The molecule has 0 aliphatic heterocycles. The lowest BCUT2D eigenvalue weighted by atomic mass is 10.1. The molecule has 0 spiro atoms. The molecule has 0 bridgehead atoms. The fourth-order valence-corrected chi connectivity index (χ4v) is 4.07. The van der Waals surface area contributed by atoms with E-state index in [9.17, 15) is 13.5 Å². The second kappa shape index (κ2) is 5.38. The molecule has 1 aromatic rings. The van der Waals surface area contributed by atoms with E-state index >= 15 is 0 Å². The van der Waals surface area contributed by atoms with Gasteiger partial charge in [0, 0.05) is 5.75 Å². The molecule has 0 saturated heterocycles. The highest BCUT2D eigenvalue weighted by atomic mass is 79.9. The van der Waals surface area contributed by atoms with Gasteiger partial charge in [0.15, 0.2) is 9.84 Å². The minimum Gasteiger partial charge on any atom is -0.385 e. The average molecular weight is 386 g/mol. The van der Waals surface area contributed by atoms with E-state index in [0.717, 1.165) is 5.56 Å². The molecule has 1 N–H and O–H groups in total. The minimum absolute atomic E-state index is 0.0631. The van der Waals surface area contributed by atoms with E-state index in [2.05, 4.69) is 31.9 Å². The van der Waals surface area contributed by atoms with Gasteiger partial charge in [0.25, 0.3) is 0 Å². The van der Waals surface area contributed by atoms with Gasteiger partial charge >= 0.3 is 0 Å². The Morgan fingerprint density at radius 2 is 1.76 bits per heavy atom. The molecule has 0 aliphatic rings. The number of rotatable bonds is 4. The number of aliphatic hydroxyl groups is 1. The lowest BCUT2D eigenvalue weighted by Crippen LogP contribution is -2.33. The maximum atomic E-state index is 11.8. The first kappa shape index (κ1) is 15.1. The molecule has 0 amide bonds. The molecular weight excluding hydrogens is 372 g/mol. The summed E-state index contributed by atoms with van der Waals surface area (Å²) < 4.78 is 22.2. The zero-order chi connectivity index (χ0) is 13.3. The van der Waals surface area contributed by atoms with Crippen molar-refractivity contribution in [1.29, 1.82) is 0 Å². The Labute approximate surface area is 118 Å². The molecule has 0 fully saturated rings. The van der Waals surface area contributed by atoms with Crippen LogP contribution in [-0.2, 0) is 9.84 Å². The Morgan fingerprint density at radius 3 is 2.18 bits per heavy atom. The molecule has 0 heterocycles. The predicted molar refractivity (Wildman–Crippen MR) is 76.2 cm³/mol. The van der Waals surface area contributed by atoms with Gasteiger partial charge in [-0.1, -0.05) is 68.6 Å². The van der Waals surface area contributed by atoms with E-state index in [4.69, 9.17) is 0 Å². The van der Waals surface area contributed by atoms with Gasteiger partial charge in [-0.15, -0.1) is 0 Å². The van der Waals surface area contributed by atoms with Gasteiger partial charge in [-0.3, -0.25) is 0 Å². The zero-order valence-corrected chi connectivity index (χ0v) is 13.5. The Kier molecular flexibility index (Phi) is 4.80. The predicted octanol–water partition coefficient (Wildman–Crippen LogP) is 2.91. The molecule has 0 radical (unpaired) electrons. The number of aryl methyl sites for hydroxylation is 1. The highest BCUT2D eigenvalue weighted by Crippen LogP contribution is 2.44. The first-order chi connectivity index (χ1) is 7.72. The van der Waals surface area contributed by atoms with Crippen LogP contribution in [0.5, 0.6) is 0 Å². The molecular formula is C11H14Br2O3S. The van der Waals surface area contributed by atoms with Gasteiger partial charge in [-0.25, -0.2) is 8.42 Å². The van der Waals surface area contributed by atoms with E-state index in [1.165, 1.54) is 6.92 Å². The molecule has 96 valence electrons. The summed E-state index contributed by atoms with van der Waals surface area (Å²) in [7, 11) is -3.47. The first-order valence-electron chi connectivity index (χ1n) is 5.07. The standard InChI is InChI=1S/C11H14Br2O3S/c1-3-17(15,16)11(12,13)10(14)9-6-4-8(2)5-7-9/h4-7,10,14H,3H2,1-2H3/t10-/m0/s1. The van der Waals surface area contributed by atoms with Crippen LogP contribution in [0.25, 0.3) is 0 Å². The third kappa shape index (κ3) is 3.10. The fraction of sp³-hybridized carbons (Fsp3) is 0.455. The molecule has 0 unspecified atom stereocenters. The second-order valence-electron chi connectivity index (χ2n) is 3.78. The topological polar surface area (TPSA) is 54.4 Å². The molecule has 1 rings (SSSR count). The van der Waals surface area contributed by atoms with Crippen LogP contribution < -0.4 is 0 Å². The average Bonchev–Trinajstić information content (AvgIpc) is 2.28. The molecule has 0 aliphatic carbocycles. The maximum Gasteiger partial charge on any atom is 0.210 e. The van der Waals surface area contributed by atoms with Crippen molar-refractivity contribution in [3.63, 3.8) is 0 Å². The largest absolute Gasteiger partial charge is 0.385 e. The van der Waals surface area contributed by atoms with Crippen molar-refractivity contribution < 1.29 is 13.5 Å². The number of benzene rings is 1. The third-order valence-corrected chi connectivity index (χ3v) is 8.15. The minimum atomic E-state index is -3.47. The highest BCUT2D eigenvalue weighted by molar-refractivity contribution is 9.28. The van der Waals surface area contributed by atoms with Crippen molar-refractivity contribution in [3.05, 3.63) is 35.4 Å². The SMILES string of the molecule is CCS(=O)(=O)C(Br)(Br)[C@@H](O)c1ccc(C)cc1. The van der Waals surface area contributed by atoms with Crippen LogP contribution in [0.2, 0.25) is 0 Å². The molecule has 6 heteroatoms. The van der Waals surface area contributed by atoms with Crippen LogP contribution in [0.3, 0.4) is 0 Å². The van der Waals surface area contributed by atoms with Crippen LogP contribution in [0.1, 0.15) is 24.2 Å². The zero-order valence-electron chi connectivity index (χ0n) is 9.52. The lowest BCUT2D eigenvalue weighted by Gasteiger charge is -2.26. The second-order valence-corrected chi connectivity index (χ2v) is 10.8. The number of hydrogen-bond donors (Lipinski definition) is 1. The van der Waals surface area contributed by atoms with Gasteiger partial charge < -0.3 is 5.11 Å². The monoisotopic (exact) mass is 384 g/mol. The van der Waals surface area contributed by atoms with Crippen molar-refractivity contribution in [2.24, 2.45) is 0 Å². The summed E-state index contributed by atoms with van der Waals surface area (Å²) in [4.78, 5) is 0.